The highest BCUT2D eigenvalue weighted by molar-refractivity contribution is 8.00. The molecule has 0 saturated carbocycles. The Morgan fingerprint density at radius 1 is 0.929 bits per heavy atom. The van der Waals surface area contributed by atoms with Gasteiger partial charge >= 0.3 is 5.97 Å². The molecule has 42 heavy (non-hydrogen) atoms. The lowest BCUT2D eigenvalue weighted by molar-refractivity contribution is -0.115. The van der Waals surface area contributed by atoms with Gasteiger partial charge < -0.3 is 15.4 Å². The van der Waals surface area contributed by atoms with E-state index in [1.807, 2.05) is 48.5 Å². The third kappa shape index (κ3) is 7.24. The summed E-state index contributed by atoms with van der Waals surface area (Å²) in [5.74, 6) is -0.901. The lowest BCUT2D eigenvalue weighted by Gasteiger charge is -2.18. The van der Waals surface area contributed by atoms with Crippen LogP contribution in [0.1, 0.15) is 68.2 Å². The first-order chi connectivity index (χ1) is 20.4. The number of aryl methyl sites for hydroxylation is 1. The Bertz CT molecular complexity index is 1590. The molecule has 1 aliphatic rings. The van der Waals surface area contributed by atoms with Crippen LogP contribution in [-0.2, 0) is 22.4 Å². The summed E-state index contributed by atoms with van der Waals surface area (Å²) >= 11 is 8.91. The fraction of sp³-hybridized carbons (Fsp3) is 0.242. The normalized spacial score (nSPS) is 13.4. The molecular weight excluding hydrogens is 588 g/mol. The number of carbonyl (C=O) groups is 3. The smallest absolute Gasteiger partial charge is 0.341 e. The van der Waals surface area contributed by atoms with Crippen LogP contribution < -0.4 is 10.6 Å². The zero-order valence-electron chi connectivity index (χ0n) is 23.2. The van der Waals surface area contributed by atoms with Crippen molar-refractivity contribution in [3.63, 3.8) is 0 Å². The third-order valence-electron chi connectivity index (χ3n) is 6.91. The highest BCUT2D eigenvalue weighted by Gasteiger charge is 2.29. The van der Waals surface area contributed by atoms with Gasteiger partial charge in [0.05, 0.1) is 12.2 Å². The molecule has 216 valence electrons. The summed E-state index contributed by atoms with van der Waals surface area (Å²) in [4.78, 5) is 41.8. The predicted molar refractivity (Wildman–Crippen MR) is 171 cm³/mol. The van der Waals surface area contributed by atoms with E-state index < -0.39 is 5.25 Å². The van der Waals surface area contributed by atoms with E-state index in [0.29, 0.717) is 26.8 Å². The number of amides is 2. The molecule has 0 radical (unpaired) electrons. The zero-order valence-corrected chi connectivity index (χ0v) is 25.5. The Hall–Kier alpha value is -3.59. The number of hydrogen-bond acceptors (Lipinski definition) is 6. The molecule has 2 N–H and O–H groups in total. The van der Waals surface area contributed by atoms with E-state index in [4.69, 9.17) is 16.3 Å². The maximum atomic E-state index is 14.0. The number of ether oxygens (including phenoxy) is 1. The van der Waals surface area contributed by atoms with Crippen molar-refractivity contribution in [2.75, 3.05) is 17.2 Å². The molecular formula is C33H31ClN2O4S2. The molecule has 4 aromatic rings. The molecule has 6 nitrogen and oxygen atoms in total. The zero-order chi connectivity index (χ0) is 29.5. The first kappa shape index (κ1) is 29.9. The number of halogens is 1. The second kappa shape index (κ2) is 14.1. The number of hydrogen-bond donors (Lipinski definition) is 2. The average Bonchev–Trinajstić information content (AvgIpc) is 3.16. The van der Waals surface area contributed by atoms with E-state index in [1.54, 1.807) is 37.3 Å². The summed E-state index contributed by atoms with van der Waals surface area (Å²) in [5.41, 5.74) is 3.38. The quantitative estimate of drug-likeness (QED) is 0.111. The lowest BCUT2D eigenvalue weighted by atomic mass is 10.1. The van der Waals surface area contributed by atoms with Crippen molar-refractivity contribution < 1.29 is 19.1 Å². The molecule has 9 heteroatoms. The van der Waals surface area contributed by atoms with Gasteiger partial charge in [-0.1, -0.05) is 60.5 Å². The molecule has 1 atom stereocenters. The Morgan fingerprint density at radius 3 is 2.50 bits per heavy atom. The maximum Gasteiger partial charge on any atom is 0.341 e. The van der Waals surface area contributed by atoms with E-state index in [0.717, 1.165) is 53.0 Å². The van der Waals surface area contributed by atoms with Gasteiger partial charge in [-0.3, -0.25) is 9.59 Å². The van der Waals surface area contributed by atoms with Gasteiger partial charge in [0.2, 0.25) is 5.91 Å². The number of esters is 1. The lowest BCUT2D eigenvalue weighted by Crippen LogP contribution is -2.20. The van der Waals surface area contributed by atoms with Crippen molar-refractivity contribution in [3.8, 4) is 0 Å². The Kier molecular flexibility index (Phi) is 10.00. The summed E-state index contributed by atoms with van der Waals surface area (Å²) in [7, 11) is 0. The minimum atomic E-state index is -0.609. The second-order valence-electron chi connectivity index (χ2n) is 9.88. The number of anilines is 2. The van der Waals surface area contributed by atoms with Crippen LogP contribution in [-0.4, -0.2) is 24.4 Å². The van der Waals surface area contributed by atoms with E-state index in [2.05, 4.69) is 10.6 Å². The van der Waals surface area contributed by atoms with Gasteiger partial charge in [-0.05, 0) is 80.1 Å². The fourth-order valence-corrected chi connectivity index (χ4v) is 7.50. The summed E-state index contributed by atoms with van der Waals surface area (Å²) in [6.45, 7) is 2.05. The van der Waals surface area contributed by atoms with Crippen molar-refractivity contribution in [2.24, 2.45) is 0 Å². The van der Waals surface area contributed by atoms with E-state index in [-0.39, 0.29) is 24.4 Å². The number of nitrogens with one attached hydrogen (secondary N) is 2. The number of thioether (sulfide) groups is 1. The van der Waals surface area contributed by atoms with Gasteiger partial charge in [-0.25, -0.2) is 4.79 Å². The van der Waals surface area contributed by atoms with Crippen LogP contribution in [0.4, 0.5) is 10.7 Å². The first-order valence-electron chi connectivity index (χ1n) is 13.9. The summed E-state index contributed by atoms with van der Waals surface area (Å²) in [6, 6.07) is 23.7. The molecule has 0 spiro atoms. The van der Waals surface area contributed by atoms with Gasteiger partial charge in [0.1, 0.15) is 10.3 Å². The van der Waals surface area contributed by atoms with Crippen molar-refractivity contribution in [1.29, 1.82) is 0 Å². The molecule has 0 aliphatic heterocycles. The molecule has 0 bridgehead atoms. The van der Waals surface area contributed by atoms with Crippen LogP contribution in [0.25, 0.3) is 0 Å². The van der Waals surface area contributed by atoms with Crippen molar-refractivity contribution in [2.45, 2.75) is 49.2 Å². The highest BCUT2D eigenvalue weighted by Crippen LogP contribution is 2.41. The van der Waals surface area contributed by atoms with E-state index in [1.165, 1.54) is 23.1 Å². The monoisotopic (exact) mass is 618 g/mol. The summed E-state index contributed by atoms with van der Waals surface area (Å²) in [5, 5.41) is 6.43. The third-order valence-corrected chi connectivity index (χ3v) is 9.60. The molecule has 5 rings (SSSR count). The Balaban J connectivity index is 1.41. The van der Waals surface area contributed by atoms with Crippen LogP contribution in [0.15, 0.2) is 83.8 Å². The van der Waals surface area contributed by atoms with Crippen LogP contribution in [0.5, 0.6) is 0 Å². The Morgan fingerprint density at radius 2 is 1.71 bits per heavy atom. The molecule has 0 saturated heterocycles. The highest BCUT2D eigenvalue weighted by atomic mass is 35.5. The standard InChI is InChI=1S/C33H31ClN2O4S2/c1-2-40-33(39)28-26-17-7-4-8-18-27(26)42-32(28)36-31(38)29(21-11-5-3-6-12-21)41-25-16-10-15-24(20-25)35-30(37)22-13-9-14-23(34)19-22/h3,5-6,9-16,19-20,29H,2,4,7-8,17-18H2,1H3,(H,35,37)(H,36,38). The Labute approximate surface area is 258 Å². The number of benzene rings is 3. The van der Waals surface area contributed by atoms with Crippen LogP contribution in [0.2, 0.25) is 5.02 Å². The minimum Gasteiger partial charge on any atom is -0.462 e. The SMILES string of the molecule is CCOC(=O)c1c(NC(=O)C(Sc2cccc(NC(=O)c3cccc(Cl)c3)c2)c2ccccc2)sc2c1CCCCC2. The number of thiophene rings is 1. The number of fused-ring (bicyclic) bond motifs is 1. The molecule has 1 aromatic heterocycles. The van der Waals surface area contributed by atoms with Crippen molar-refractivity contribution >= 4 is 63.2 Å². The summed E-state index contributed by atoms with van der Waals surface area (Å²) in [6.07, 6.45) is 4.90. The predicted octanol–water partition coefficient (Wildman–Crippen LogP) is 8.57. The molecule has 0 fully saturated rings. The summed E-state index contributed by atoms with van der Waals surface area (Å²) < 4.78 is 5.41. The first-order valence-corrected chi connectivity index (χ1v) is 16.0. The number of carbonyl (C=O) groups excluding carboxylic acids is 3. The van der Waals surface area contributed by atoms with Gasteiger partial charge in [0.25, 0.3) is 5.91 Å². The molecule has 1 unspecified atom stereocenters. The molecule has 3 aromatic carbocycles. The maximum absolute atomic E-state index is 14.0. The molecule has 1 aliphatic carbocycles. The van der Waals surface area contributed by atoms with Crippen LogP contribution >= 0.6 is 34.7 Å². The number of rotatable bonds is 9. The van der Waals surface area contributed by atoms with E-state index >= 15 is 0 Å². The van der Waals surface area contributed by atoms with Crippen molar-refractivity contribution in [3.05, 3.63) is 111 Å². The largest absolute Gasteiger partial charge is 0.462 e. The van der Waals surface area contributed by atoms with E-state index in [9.17, 15) is 14.4 Å². The van der Waals surface area contributed by atoms with Gasteiger partial charge in [-0.15, -0.1) is 23.1 Å². The topological polar surface area (TPSA) is 84.5 Å². The van der Waals surface area contributed by atoms with Crippen LogP contribution in [0, 0.1) is 0 Å². The minimum absolute atomic E-state index is 0.235. The van der Waals surface area contributed by atoms with Gasteiger partial charge in [0, 0.05) is 26.0 Å². The second-order valence-corrected chi connectivity index (χ2v) is 12.6. The van der Waals surface area contributed by atoms with Crippen LogP contribution in [0.3, 0.4) is 0 Å². The fourth-order valence-electron chi connectivity index (χ4n) is 4.94. The van der Waals surface area contributed by atoms with Gasteiger partial charge in [-0.2, -0.15) is 0 Å². The molecule has 2 amide bonds. The van der Waals surface area contributed by atoms with Crippen molar-refractivity contribution in [1.82, 2.24) is 0 Å². The van der Waals surface area contributed by atoms with Gasteiger partial charge in [0.15, 0.2) is 0 Å². The molecule has 1 heterocycles. The average molecular weight is 619 g/mol.